The Morgan fingerprint density at radius 2 is 1.76 bits per heavy atom. The number of benzene rings is 1. The van der Waals surface area contributed by atoms with E-state index in [2.05, 4.69) is 6.58 Å². The van der Waals surface area contributed by atoms with Crippen molar-refractivity contribution in [3.8, 4) is 5.75 Å². The first-order valence-corrected chi connectivity index (χ1v) is 5.95. The molecule has 92 valence electrons. The number of hydrogen-bond donors (Lipinski definition) is 0. The average Bonchev–Trinajstić information content (AvgIpc) is 2.34. The van der Waals surface area contributed by atoms with E-state index < -0.39 is 0 Å². The third-order valence-electron chi connectivity index (χ3n) is 2.67. The molecule has 0 radical (unpaired) electrons. The van der Waals surface area contributed by atoms with Gasteiger partial charge in [0.05, 0.1) is 7.11 Å². The van der Waals surface area contributed by atoms with Crippen LogP contribution in [-0.2, 0) is 0 Å². The lowest BCUT2D eigenvalue weighted by atomic mass is 10.0. The minimum atomic E-state index is 0.203. The number of hydrogen-bond acceptors (Lipinski definition) is 2. The summed E-state index contributed by atoms with van der Waals surface area (Å²) in [6.07, 6.45) is 3.59. The highest BCUT2D eigenvalue weighted by Crippen LogP contribution is 2.14. The molecule has 0 heterocycles. The minimum Gasteiger partial charge on any atom is -0.497 e. The summed E-state index contributed by atoms with van der Waals surface area (Å²) in [6.45, 7) is 5.87. The Kier molecular flexibility index (Phi) is 5.47. The molecule has 0 saturated carbocycles. The van der Waals surface area contributed by atoms with Gasteiger partial charge in [0, 0.05) is 12.0 Å². The average molecular weight is 232 g/mol. The SMILES string of the molecule is C=C(C)CCCCC(=O)c1ccc(OC)cc1. The van der Waals surface area contributed by atoms with Crippen molar-refractivity contribution in [2.45, 2.75) is 32.6 Å². The van der Waals surface area contributed by atoms with E-state index in [0.717, 1.165) is 30.6 Å². The Balaban J connectivity index is 2.38. The van der Waals surface area contributed by atoms with Crippen LogP contribution in [0.25, 0.3) is 0 Å². The van der Waals surface area contributed by atoms with E-state index in [1.807, 2.05) is 31.2 Å². The second kappa shape index (κ2) is 6.89. The monoisotopic (exact) mass is 232 g/mol. The molecule has 0 atom stereocenters. The largest absolute Gasteiger partial charge is 0.497 e. The number of Topliss-reactive ketones (excluding diaryl/α,β-unsaturated/α-hetero) is 1. The van der Waals surface area contributed by atoms with E-state index in [1.54, 1.807) is 7.11 Å². The predicted molar refractivity (Wildman–Crippen MR) is 70.6 cm³/mol. The third-order valence-corrected chi connectivity index (χ3v) is 2.67. The van der Waals surface area contributed by atoms with Crippen LogP contribution in [-0.4, -0.2) is 12.9 Å². The van der Waals surface area contributed by atoms with Crippen molar-refractivity contribution in [3.63, 3.8) is 0 Å². The summed E-state index contributed by atoms with van der Waals surface area (Å²) >= 11 is 0. The highest BCUT2D eigenvalue weighted by molar-refractivity contribution is 5.96. The number of rotatable bonds is 7. The summed E-state index contributed by atoms with van der Waals surface area (Å²) in [5.74, 6) is 0.984. The molecule has 17 heavy (non-hydrogen) atoms. The molecule has 0 aromatic heterocycles. The molecule has 0 saturated heterocycles. The Morgan fingerprint density at radius 3 is 2.29 bits per heavy atom. The molecule has 0 bridgehead atoms. The van der Waals surface area contributed by atoms with E-state index >= 15 is 0 Å². The van der Waals surface area contributed by atoms with Crippen molar-refractivity contribution in [2.24, 2.45) is 0 Å². The number of carbonyl (C=O) groups excluding carboxylic acids is 1. The third kappa shape index (κ3) is 4.85. The topological polar surface area (TPSA) is 26.3 Å². The summed E-state index contributed by atoms with van der Waals surface area (Å²) in [5.41, 5.74) is 1.95. The van der Waals surface area contributed by atoms with Gasteiger partial charge in [0.2, 0.25) is 0 Å². The molecular formula is C15H20O2. The quantitative estimate of drug-likeness (QED) is 0.403. The zero-order valence-electron chi connectivity index (χ0n) is 10.7. The fraction of sp³-hybridized carbons (Fsp3) is 0.400. The molecule has 1 aromatic carbocycles. The molecule has 0 N–H and O–H groups in total. The van der Waals surface area contributed by atoms with Crippen LogP contribution in [0.2, 0.25) is 0 Å². The van der Waals surface area contributed by atoms with Crippen LogP contribution in [0.15, 0.2) is 36.4 Å². The van der Waals surface area contributed by atoms with Crippen molar-refractivity contribution < 1.29 is 9.53 Å². The van der Waals surface area contributed by atoms with Crippen molar-refractivity contribution in [2.75, 3.05) is 7.11 Å². The fourth-order valence-corrected chi connectivity index (χ4v) is 1.63. The van der Waals surface area contributed by atoms with E-state index in [1.165, 1.54) is 5.57 Å². The summed E-state index contributed by atoms with van der Waals surface area (Å²) in [6, 6.07) is 7.28. The normalized spacial score (nSPS) is 10.0. The molecule has 0 amide bonds. The second-order valence-corrected chi connectivity index (χ2v) is 4.32. The molecule has 2 nitrogen and oxygen atoms in total. The van der Waals surface area contributed by atoms with Gasteiger partial charge in [-0.15, -0.1) is 6.58 Å². The van der Waals surface area contributed by atoms with Crippen LogP contribution in [0.5, 0.6) is 5.75 Å². The lowest BCUT2D eigenvalue weighted by Gasteiger charge is -2.03. The number of ketones is 1. The number of ether oxygens (including phenoxy) is 1. The summed E-state index contributed by atoms with van der Waals surface area (Å²) in [4.78, 5) is 11.8. The van der Waals surface area contributed by atoms with Gasteiger partial charge in [0.25, 0.3) is 0 Å². The van der Waals surface area contributed by atoms with Gasteiger partial charge in [-0.1, -0.05) is 5.57 Å². The standard InChI is InChI=1S/C15H20O2/c1-12(2)6-4-5-7-15(16)13-8-10-14(17-3)11-9-13/h8-11H,1,4-7H2,2-3H3. The number of methoxy groups -OCH3 is 1. The smallest absolute Gasteiger partial charge is 0.162 e. The maximum absolute atomic E-state index is 11.8. The maximum Gasteiger partial charge on any atom is 0.162 e. The van der Waals surface area contributed by atoms with Crippen LogP contribution >= 0.6 is 0 Å². The van der Waals surface area contributed by atoms with Gasteiger partial charge in [-0.25, -0.2) is 0 Å². The molecule has 0 aliphatic heterocycles. The van der Waals surface area contributed by atoms with E-state index in [-0.39, 0.29) is 5.78 Å². The van der Waals surface area contributed by atoms with Crippen molar-refractivity contribution in [1.82, 2.24) is 0 Å². The van der Waals surface area contributed by atoms with Crippen LogP contribution in [0.3, 0.4) is 0 Å². The van der Waals surface area contributed by atoms with Gasteiger partial charge in [-0.2, -0.15) is 0 Å². The Bertz CT molecular complexity index is 376. The maximum atomic E-state index is 11.8. The van der Waals surface area contributed by atoms with Crippen LogP contribution in [0.1, 0.15) is 43.0 Å². The zero-order chi connectivity index (χ0) is 12.7. The van der Waals surface area contributed by atoms with Crippen LogP contribution < -0.4 is 4.74 Å². The summed E-state index contributed by atoms with van der Waals surface area (Å²) in [5, 5.41) is 0. The zero-order valence-corrected chi connectivity index (χ0v) is 10.7. The molecule has 1 aromatic rings. The van der Waals surface area contributed by atoms with E-state index in [0.29, 0.717) is 6.42 Å². The number of carbonyl (C=O) groups is 1. The Morgan fingerprint density at radius 1 is 1.18 bits per heavy atom. The van der Waals surface area contributed by atoms with E-state index in [4.69, 9.17) is 4.74 Å². The molecule has 0 fully saturated rings. The molecule has 0 aliphatic carbocycles. The van der Waals surface area contributed by atoms with Gasteiger partial charge in [0.1, 0.15) is 5.75 Å². The molecule has 1 rings (SSSR count). The highest BCUT2D eigenvalue weighted by atomic mass is 16.5. The molecule has 0 spiro atoms. The lowest BCUT2D eigenvalue weighted by molar-refractivity contribution is 0.0979. The van der Waals surface area contributed by atoms with Gasteiger partial charge in [0.15, 0.2) is 5.78 Å². The predicted octanol–water partition coefficient (Wildman–Crippen LogP) is 4.01. The first kappa shape index (κ1) is 13.5. The lowest BCUT2D eigenvalue weighted by Crippen LogP contribution is -1.98. The van der Waals surface area contributed by atoms with Gasteiger partial charge >= 0.3 is 0 Å². The second-order valence-electron chi connectivity index (χ2n) is 4.32. The summed E-state index contributed by atoms with van der Waals surface area (Å²) < 4.78 is 5.05. The first-order valence-electron chi connectivity index (χ1n) is 5.95. The van der Waals surface area contributed by atoms with Gasteiger partial charge in [-0.05, 0) is 50.5 Å². The Hall–Kier alpha value is -1.57. The van der Waals surface area contributed by atoms with E-state index in [9.17, 15) is 4.79 Å². The molecular weight excluding hydrogens is 212 g/mol. The minimum absolute atomic E-state index is 0.203. The van der Waals surface area contributed by atoms with Crippen molar-refractivity contribution >= 4 is 5.78 Å². The Labute approximate surface area is 103 Å². The van der Waals surface area contributed by atoms with Crippen LogP contribution in [0.4, 0.5) is 0 Å². The number of allylic oxidation sites excluding steroid dienone is 1. The van der Waals surface area contributed by atoms with Gasteiger partial charge in [-0.3, -0.25) is 4.79 Å². The van der Waals surface area contributed by atoms with Crippen molar-refractivity contribution in [1.29, 1.82) is 0 Å². The van der Waals surface area contributed by atoms with Crippen molar-refractivity contribution in [3.05, 3.63) is 42.0 Å². The van der Waals surface area contributed by atoms with Gasteiger partial charge < -0.3 is 4.74 Å². The number of unbranched alkanes of at least 4 members (excludes halogenated alkanes) is 1. The molecule has 2 heteroatoms. The first-order chi connectivity index (χ1) is 8.13. The van der Waals surface area contributed by atoms with Crippen LogP contribution in [0, 0.1) is 0 Å². The highest BCUT2D eigenvalue weighted by Gasteiger charge is 2.05. The molecule has 0 aliphatic rings. The molecule has 0 unspecified atom stereocenters. The summed E-state index contributed by atoms with van der Waals surface area (Å²) in [7, 11) is 1.62. The fourth-order valence-electron chi connectivity index (χ4n) is 1.63.